The lowest BCUT2D eigenvalue weighted by Crippen LogP contribution is -2.35. The van der Waals surface area contributed by atoms with E-state index in [0.717, 1.165) is 17.9 Å². The number of carbonyl (C=O) groups is 1. The smallest absolute Gasteiger partial charge is 0.248 e. The van der Waals surface area contributed by atoms with Crippen LogP contribution >= 0.6 is 0 Å². The van der Waals surface area contributed by atoms with Crippen LogP contribution < -0.4 is 10.2 Å². The summed E-state index contributed by atoms with van der Waals surface area (Å²) in [6.45, 7) is 5.88. The largest absolute Gasteiger partial charge is 0.355 e. The number of rotatable bonds is 5. The highest BCUT2D eigenvalue weighted by Crippen LogP contribution is 2.20. The molecule has 1 N–H and O–H groups in total. The molecule has 1 fully saturated rings. The Balaban J connectivity index is 1.65. The van der Waals surface area contributed by atoms with Crippen LogP contribution in [0.25, 0.3) is 0 Å². The van der Waals surface area contributed by atoms with Crippen LogP contribution in [0.5, 0.6) is 0 Å². The number of amides is 1. The summed E-state index contributed by atoms with van der Waals surface area (Å²) < 4.78 is 27.2. The van der Waals surface area contributed by atoms with Gasteiger partial charge in [0.15, 0.2) is 0 Å². The van der Waals surface area contributed by atoms with Crippen molar-refractivity contribution in [3.63, 3.8) is 0 Å². The fraction of sp³-hybridized carbons (Fsp3) is 0.333. The minimum absolute atomic E-state index is 0.184. The molecule has 2 aromatic rings. The van der Waals surface area contributed by atoms with Gasteiger partial charge in [0.1, 0.15) is 5.82 Å². The predicted molar refractivity (Wildman–Crippen MR) is 114 cm³/mol. The van der Waals surface area contributed by atoms with Crippen LogP contribution in [0.1, 0.15) is 20.3 Å². The Morgan fingerprint density at radius 3 is 2.45 bits per heavy atom. The van der Waals surface area contributed by atoms with E-state index in [2.05, 4.69) is 15.2 Å². The molecule has 0 unspecified atom stereocenters. The van der Waals surface area contributed by atoms with E-state index in [1.54, 1.807) is 36.5 Å². The van der Waals surface area contributed by atoms with Crippen molar-refractivity contribution in [3.8, 4) is 0 Å². The zero-order valence-corrected chi connectivity index (χ0v) is 17.5. The van der Waals surface area contributed by atoms with E-state index in [-0.39, 0.29) is 5.91 Å². The molecule has 154 valence electrons. The zero-order chi connectivity index (χ0) is 20.9. The first-order valence-corrected chi connectivity index (χ1v) is 11.0. The molecule has 29 heavy (non-hydrogen) atoms. The first-order chi connectivity index (χ1) is 13.9. The fourth-order valence-corrected chi connectivity index (χ4v) is 4.68. The van der Waals surface area contributed by atoms with Crippen molar-refractivity contribution in [2.75, 3.05) is 36.4 Å². The number of carbonyl (C=O) groups excluding carboxylic acids is 1. The molecule has 1 aliphatic heterocycles. The normalized spacial score (nSPS) is 15.4. The van der Waals surface area contributed by atoms with Gasteiger partial charge in [-0.2, -0.15) is 4.31 Å². The lowest BCUT2D eigenvalue weighted by Gasteiger charge is -2.22. The van der Waals surface area contributed by atoms with Crippen molar-refractivity contribution in [1.82, 2.24) is 9.29 Å². The second kappa shape index (κ2) is 9.19. The highest BCUT2D eigenvalue weighted by atomic mass is 32.2. The molecule has 0 saturated carbocycles. The minimum Gasteiger partial charge on any atom is -0.355 e. The number of nitrogens with zero attached hydrogens (tertiary/aromatic N) is 3. The molecule has 0 spiro atoms. The number of pyridine rings is 1. The van der Waals surface area contributed by atoms with Gasteiger partial charge in [-0.3, -0.25) is 4.79 Å². The van der Waals surface area contributed by atoms with E-state index in [0.29, 0.717) is 36.6 Å². The lowest BCUT2D eigenvalue weighted by atomic mass is 10.3. The Kier molecular flexibility index (Phi) is 6.66. The molecule has 0 atom stereocenters. The first kappa shape index (κ1) is 21.0. The van der Waals surface area contributed by atoms with Crippen molar-refractivity contribution in [2.45, 2.75) is 25.2 Å². The van der Waals surface area contributed by atoms with E-state index < -0.39 is 10.0 Å². The van der Waals surface area contributed by atoms with E-state index >= 15 is 0 Å². The SMILES string of the molecule is CC(C)=CC(=O)Nc1ccc(N2CCCN(S(=O)(=O)c3ccccc3)CC2)nc1. The average molecular weight is 415 g/mol. The maximum Gasteiger partial charge on any atom is 0.248 e. The average Bonchev–Trinajstić information content (AvgIpc) is 2.95. The maximum atomic E-state index is 12.9. The molecule has 2 heterocycles. The third-order valence-electron chi connectivity index (χ3n) is 4.60. The monoisotopic (exact) mass is 414 g/mol. The number of allylic oxidation sites excluding steroid dienone is 1. The van der Waals surface area contributed by atoms with Gasteiger partial charge in [0.05, 0.1) is 16.8 Å². The lowest BCUT2D eigenvalue weighted by molar-refractivity contribution is -0.111. The molecular weight excluding hydrogens is 388 g/mol. The summed E-state index contributed by atoms with van der Waals surface area (Å²) in [5.74, 6) is 0.584. The fourth-order valence-electron chi connectivity index (χ4n) is 3.19. The van der Waals surface area contributed by atoms with Crippen LogP contribution in [0.2, 0.25) is 0 Å². The third-order valence-corrected chi connectivity index (χ3v) is 6.51. The molecule has 1 amide bonds. The van der Waals surface area contributed by atoms with Gasteiger partial charge in [0.25, 0.3) is 0 Å². The molecule has 8 heteroatoms. The molecule has 0 bridgehead atoms. The molecule has 1 saturated heterocycles. The zero-order valence-electron chi connectivity index (χ0n) is 16.7. The molecule has 0 aliphatic carbocycles. The van der Waals surface area contributed by atoms with Gasteiger partial charge in [-0.15, -0.1) is 0 Å². The van der Waals surface area contributed by atoms with Crippen molar-refractivity contribution < 1.29 is 13.2 Å². The van der Waals surface area contributed by atoms with Gasteiger partial charge in [-0.25, -0.2) is 13.4 Å². The van der Waals surface area contributed by atoms with E-state index in [4.69, 9.17) is 0 Å². The molecule has 1 aromatic heterocycles. The summed E-state index contributed by atoms with van der Waals surface area (Å²) in [5.41, 5.74) is 1.55. The molecule has 0 radical (unpaired) electrons. The number of hydrogen-bond acceptors (Lipinski definition) is 5. The Bertz CT molecular complexity index is 969. The summed E-state index contributed by atoms with van der Waals surface area (Å²) in [7, 11) is -3.49. The predicted octanol–water partition coefficient (Wildman–Crippen LogP) is 2.89. The number of benzene rings is 1. The quantitative estimate of drug-likeness (QED) is 0.761. The molecule has 1 aliphatic rings. The second-order valence-corrected chi connectivity index (χ2v) is 9.11. The number of anilines is 2. The summed E-state index contributed by atoms with van der Waals surface area (Å²) in [6, 6.07) is 12.2. The van der Waals surface area contributed by atoms with E-state index in [1.165, 1.54) is 10.4 Å². The molecule has 1 aromatic carbocycles. The minimum atomic E-state index is -3.49. The number of aromatic nitrogens is 1. The van der Waals surface area contributed by atoms with Crippen LogP contribution in [0.15, 0.2) is 65.2 Å². The van der Waals surface area contributed by atoms with Gasteiger partial charge in [-0.1, -0.05) is 23.8 Å². The maximum absolute atomic E-state index is 12.9. The third kappa shape index (κ3) is 5.42. The van der Waals surface area contributed by atoms with E-state index in [1.807, 2.05) is 26.0 Å². The summed E-state index contributed by atoms with van der Waals surface area (Å²) in [4.78, 5) is 18.7. The highest BCUT2D eigenvalue weighted by molar-refractivity contribution is 7.89. The summed E-state index contributed by atoms with van der Waals surface area (Å²) in [5, 5.41) is 2.78. The number of sulfonamides is 1. The van der Waals surface area contributed by atoms with Gasteiger partial charge >= 0.3 is 0 Å². The highest BCUT2D eigenvalue weighted by Gasteiger charge is 2.27. The van der Waals surface area contributed by atoms with Gasteiger partial charge in [0.2, 0.25) is 15.9 Å². The Morgan fingerprint density at radius 1 is 1.03 bits per heavy atom. The Morgan fingerprint density at radius 2 is 1.79 bits per heavy atom. The molecule has 7 nitrogen and oxygen atoms in total. The molecule has 3 rings (SSSR count). The topological polar surface area (TPSA) is 82.6 Å². The van der Waals surface area contributed by atoms with Gasteiger partial charge in [0, 0.05) is 32.3 Å². The van der Waals surface area contributed by atoms with E-state index in [9.17, 15) is 13.2 Å². The Hall–Kier alpha value is -2.71. The summed E-state index contributed by atoms with van der Waals surface area (Å²) >= 11 is 0. The standard InChI is InChI=1S/C21H26N4O3S/c1-17(2)15-21(26)23-18-9-10-20(22-16-18)24-11-6-12-25(14-13-24)29(27,28)19-7-4-3-5-8-19/h3-5,7-10,15-16H,6,11-14H2,1-2H3,(H,23,26). The van der Waals surface area contributed by atoms with Gasteiger partial charge in [-0.05, 0) is 44.5 Å². The molecular formula is C21H26N4O3S. The second-order valence-electron chi connectivity index (χ2n) is 7.17. The first-order valence-electron chi connectivity index (χ1n) is 9.58. The van der Waals surface area contributed by atoms with Crippen molar-refractivity contribution in [3.05, 3.63) is 60.3 Å². The number of nitrogens with one attached hydrogen (secondary N) is 1. The number of hydrogen-bond donors (Lipinski definition) is 1. The van der Waals surface area contributed by atoms with Crippen LogP contribution in [0.3, 0.4) is 0 Å². The van der Waals surface area contributed by atoms with Gasteiger partial charge < -0.3 is 10.2 Å². The van der Waals surface area contributed by atoms with Crippen LogP contribution in [0.4, 0.5) is 11.5 Å². The van der Waals surface area contributed by atoms with Crippen molar-refractivity contribution in [1.29, 1.82) is 0 Å². The van der Waals surface area contributed by atoms with Crippen LogP contribution in [0, 0.1) is 0 Å². The Labute approximate surface area is 172 Å². The van der Waals surface area contributed by atoms with Crippen molar-refractivity contribution in [2.24, 2.45) is 0 Å². The van der Waals surface area contributed by atoms with Crippen LogP contribution in [-0.2, 0) is 14.8 Å². The summed E-state index contributed by atoms with van der Waals surface area (Å²) in [6.07, 6.45) is 3.87. The van der Waals surface area contributed by atoms with Crippen molar-refractivity contribution >= 4 is 27.4 Å². The van der Waals surface area contributed by atoms with Crippen LogP contribution in [-0.4, -0.2) is 49.8 Å².